The summed E-state index contributed by atoms with van der Waals surface area (Å²) in [6, 6.07) is 6.95. The molecular weight excluding hydrogens is 304 g/mol. The lowest BCUT2D eigenvalue weighted by Gasteiger charge is -2.38. The van der Waals surface area contributed by atoms with Crippen molar-refractivity contribution in [1.82, 2.24) is 9.80 Å². The van der Waals surface area contributed by atoms with E-state index >= 15 is 0 Å². The van der Waals surface area contributed by atoms with Crippen molar-refractivity contribution in [2.75, 3.05) is 46.4 Å². The van der Waals surface area contributed by atoms with E-state index in [2.05, 4.69) is 9.80 Å². The summed E-state index contributed by atoms with van der Waals surface area (Å²) < 4.78 is 4.98. The van der Waals surface area contributed by atoms with Gasteiger partial charge < -0.3 is 14.7 Å². The van der Waals surface area contributed by atoms with Crippen LogP contribution in [0.3, 0.4) is 0 Å². The molecule has 0 bridgehead atoms. The van der Waals surface area contributed by atoms with Gasteiger partial charge in [-0.05, 0) is 18.1 Å². The zero-order valence-corrected chi connectivity index (χ0v) is 13.6. The number of aliphatic hydroxyl groups excluding tert-OH is 1. The molecule has 1 N–H and O–H groups in total. The summed E-state index contributed by atoms with van der Waals surface area (Å²) in [5, 5.41) is 9.49. The average molecular weight is 327 g/mol. The van der Waals surface area contributed by atoms with Crippen LogP contribution in [0.15, 0.2) is 24.3 Å². The maximum atomic E-state index is 12.2. The van der Waals surface area contributed by atoms with Crippen molar-refractivity contribution < 1.29 is 14.6 Å². The second-order valence-corrected chi connectivity index (χ2v) is 5.81. The second-order valence-electron chi connectivity index (χ2n) is 5.40. The highest BCUT2D eigenvalue weighted by Crippen LogP contribution is 2.29. The van der Waals surface area contributed by atoms with Crippen molar-refractivity contribution in [3.8, 4) is 0 Å². The number of carbonyl (C=O) groups is 1. The Balaban J connectivity index is 2.09. The third kappa shape index (κ3) is 4.20. The molecule has 6 heteroatoms. The van der Waals surface area contributed by atoms with E-state index in [0.29, 0.717) is 5.02 Å². The molecule has 0 amide bonds. The number of benzene rings is 1. The summed E-state index contributed by atoms with van der Waals surface area (Å²) in [4.78, 5) is 16.7. The van der Waals surface area contributed by atoms with Gasteiger partial charge in [0.25, 0.3) is 0 Å². The SMILES string of the molecule is COC(=O)C(c1ccccc1Cl)N1CCN(CCCO)CC1. The number of piperazine rings is 1. The molecule has 0 spiro atoms. The quantitative estimate of drug-likeness (QED) is 0.804. The smallest absolute Gasteiger partial charge is 0.327 e. The lowest BCUT2D eigenvalue weighted by atomic mass is 10.0. The molecule has 0 saturated carbocycles. The van der Waals surface area contributed by atoms with Gasteiger partial charge in [0.1, 0.15) is 6.04 Å². The number of hydrogen-bond donors (Lipinski definition) is 1. The molecule has 0 radical (unpaired) electrons. The maximum Gasteiger partial charge on any atom is 0.327 e. The van der Waals surface area contributed by atoms with Crippen LogP contribution in [0.2, 0.25) is 5.02 Å². The molecule has 1 aromatic carbocycles. The van der Waals surface area contributed by atoms with Gasteiger partial charge in [-0.1, -0.05) is 29.8 Å². The Morgan fingerprint density at radius 3 is 2.59 bits per heavy atom. The van der Waals surface area contributed by atoms with Crippen LogP contribution in [0, 0.1) is 0 Å². The van der Waals surface area contributed by atoms with Gasteiger partial charge in [0, 0.05) is 44.4 Å². The predicted octanol–water partition coefficient (Wildman–Crippen LogP) is 1.55. The van der Waals surface area contributed by atoms with Crippen LogP contribution in [-0.2, 0) is 9.53 Å². The number of nitrogens with zero attached hydrogens (tertiary/aromatic N) is 2. The summed E-state index contributed by atoms with van der Waals surface area (Å²) in [5.41, 5.74) is 0.792. The van der Waals surface area contributed by atoms with Crippen LogP contribution in [0.4, 0.5) is 0 Å². The molecule has 1 aliphatic heterocycles. The Morgan fingerprint density at radius 1 is 1.32 bits per heavy atom. The van der Waals surface area contributed by atoms with E-state index in [-0.39, 0.29) is 12.6 Å². The molecular formula is C16H23ClN2O3. The summed E-state index contributed by atoms with van der Waals surface area (Å²) in [5.74, 6) is -0.281. The van der Waals surface area contributed by atoms with Crippen molar-refractivity contribution in [3.63, 3.8) is 0 Å². The fourth-order valence-electron chi connectivity index (χ4n) is 2.82. The number of ether oxygens (including phenoxy) is 1. The standard InChI is InChI=1S/C16H23ClN2O3/c1-22-16(21)15(13-5-2-3-6-14(13)17)19-10-8-18(9-11-19)7-4-12-20/h2-3,5-6,15,20H,4,7-12H2,1H3. The lowest BCUT2D eigenvalue weighted by Crippen LogP contribution is -2.49. The van der Waals surface area contributed by atoms with Gasteiger partial charge in [-0.3, -0.25) is 4.90 Å². The highest BCUT2D eigenvalue weighted by Gasteiger charge is 2.32. The number of methoxy groups -OCH3 is 1. The van der Waals surface area contributed by atoms with E-state index in [1.54, 1.807) is 6.07 Å². The van der Waals surface area contributed by atoms with E-state index in [0.717, 1.165) is 44.7 Å². The van der Waals surface area contributed by atoms with E-state index in [1.165, 1.54) is 7.11 Å². The molecule has 2 rings (SSSR count). The Bertz CT molecular complexity index is 490. The van der Waals surface area contributed by atoms with Crippen molar-refractivity contribution in [3.05, 3.63) is 34.9 Å². The molecule has 0 aliphatic carbocycles. The topological polar surface area (TPSA) is 53.0 Å². The van der Waals surface area contributed by atoms with Gasteiger partial charge in [-0.2, -0.15) is 0 Å². The molecule has 5 nitrogen and oxygen atoms in total. The molecule has 1 saturated heterocycles. The minimum atomic E-state index is -0.460. The van der Waals surface area contributed by atoms with Crippen LogP contribution < -0.4 is 0 Å². The number of halogens is 1. The Labute approximate surface area is 136 Å². The highest BCUT2D eigenvalue weighted by molar-refractivity contribution is 6.31. The Morgan fingerprint density at radius 2 is 2.00 bits per heavy atom. The van der Waals surface area contributed by atoms with Gasteiger partial charge in [0.2, 0.25) is 0 Å². The first-order chi connectivity index (χ1) is 10.7. The fourth-order valence-corrected chi connectivity index (χ4v) is 3.06. The fraction of sp³-hybridized carbons (Fsp3) is 0.562. The van der Waals surface area contributed by atoms with E-state index in [4.69, 9.17) is 21.4 Å². The molecule has 22 heavy (non-hydrogen) atoms. The van der Waals surface area contributed by atoms with Crippen LogP contribution >= 0.6 is 11.6 Å². The van der Waals surface area contributed by atoms with Gasteiger partial charge in [-0.25, -0.2) is 4.79 Å². The van der Waals surface area contributed by atoms with Crippen LogP contribution in [-0.4, -0.2) is 67.3 Å². The van der Waals surface area contributed by atoms with Gasteiger partial charge in [0.05, 0.1) is 7.11 Å². The minimum absolute atomic E-state index is 0.213. The van der Waals surface area contributed by atoms with Crippen LogP contribution in [0.5, 0.6) is 0 Å². The summed E-state index contributed by atoms with van der Waals surface area (Å²) in [6.45, 7) is 4.40. The van der Waals surface area contributed by atoms with E-state index in [1.807, 2.05) is 18.2 Å². The molecule has 0 aromatic heterocycles. The first-order valence-corrected chi connectivity index (χ1v) is 7.94. The third-order valence-corrected chi connectivity index (χ3v) is 4.37. The Kier molecular flexibility index (Phi) is 6.64. The first kappa shape index (κ1) is 17.2. The predicted molar refractivity (Wildman–Crippen MR) is 85.9 cm³/mol. The third-order valence-electron chi connectivity index (χ3n) is 4.03. The molecule has 1 heterocycles. The zero-order valence-electron chi connectivity index (χ0n) is 12.9. The lowest BCUT2D eigenvalue weighted by molar-refractivity contribution is -0.148. The summed E-state index contributed by atoms with van der Waals surface area (Å²) in [7, 11) is 1.41. The van der Waals surface area contributed by atoms with Gasteiger partial charge in [-0.15, -0.1) is 0 Å². The van der Waals surface area contributed by atoms with E-state index in [9.17, 15) is 4.79 Å². The zero-order chi connectivity index (χ0) is 15.9. The first-order valence-electron chi connectivity index (χ1n) is 7.57. The van der Waals surface area contributed by atoms with Crippen LogP contribution in [0.1, 0.15) is 18.0 Å². The highest BCUT2D eigenvalue weighted by atomic mass is 35.5. The number of hydrogen-bond acceptors (Lipinski definition) is 5. The Hall–Kier alpha value is -1.14. The number of esters is 1. The van der Waals surface area contributed by atoms with Gasteiger partial charge in [0.15, 0.2) is 0 Å². The number of aliphatic hydroxyl groups is 1. The molecule has 1 unspecified atom stereocenters. The molecule has 1 aliphatic rings. The largest absolute Gasteiger partial charge is 0.468 e. The monoisotopic (exact) mass is 326 g/mol. The van der Waals surface area contributed by atoms with Crippen molar-refractivity contribution in [2.24, 2.45) is 0 Å². The second kappa shape index (κ2) is 8.48. The summed E-state index contributed by atoms with van der Waals surface area (Å²) in [6.07, 6.45) is 0.783. The van der Waals surface area contributed by atoms with Crippen molar-refractivity contribution in [1.29, 1.82) is 0 Å². The maximum absolute atomic E-state index is 12.2. The van der Waals surface area contributed by atoms with Gasteiger partial charge >= 0.3 is 5.97 Å². The molecule has 1 atom stereocenters. The average Bonchev–Trinajstić information content (AvgIpc) is 2.56. The number of rotatable bonds is 6. The molecule has 1 fully saturated rings. The van der Waals surface area contributed by atoms with Crippen molar-refractivity contribution >= 4 is 17.6 Å². The number of carbonyl (C=O) groups excluding carboxylic acids is 1. The van der Waals surface area contributed by atoms with E-state index < -0.39 is 6.04 Å². The normalized spacial score (nSPS) is 18.1. The van der Waals surface area contributed by atoms with Crippen LogP contribution in [0.25, 0.3) is 0 Å². The minimum Gasteiger partial charge on any atom is -0.468 e. The summed E-state index contributed by atoms with van der Waals surface area (Å²) >= 11 is 6.26. The van der Waals surface area contributed by atoms with Crippen molar-refractivity contribution in [2.45, 2.75) is 12.5 Å². The molecule has 1 aromatic rings. The molecule has 122 valence electrons.